The number of primary amides is 1. The summed E-state index contributed by atoms with van der Waals surface area (Å²) in [6, 6.07) is 9.74. The molecule has 2 aromatic rings. The molecule has 0 atom stereocenters. The maximum Gasteiger partial charge on any atom is 0.249 e. The lowest BCUT2D eigenvalue weighted by Crippen LogP contribution is -2.12. The highest BCUT2D eigenvalue weighted by Crippen LogP contribution is 2.15. The van der Waals surface area contributed by atoms with Crippen LogP contribution in [0.15, 0.2) is 35.7 Å². The van der Waals surface area contributed by atoms with Crippen LogP contribution >= 0.6 is 11.3 Å². The van der Waals surface area contributed by atoms with Gasteiger partial charge in [-0.1, -0.05) is 12.1 Å². The van der Waals surface area contributed by atoms with Gasteiger partial charge in [-0.2, -0.15) is 0 Å². The van der Waals surface area contributed by atoms with E-state index in [1.807, 2.05) is 30.3 Å². The van der Waals surface area contributed by atoms with Crippen molar-refractivity contribution in [2.45, 2.75) is 13.1 Å². The van der Waals surface area contributed by atoms with Crippen LogP contribution in [0.2, 0.25) is 0 Å². The topological polar surface area (TPSA) is 64.3 Å². The molecule has 0 bridgehead atoms. The number of rotatable bonds is 6. The van der Waals surface area contributed by atoms with Crippen molar-refractivity contribution in [3.8, 4) is 5.75 Å². The Labute approximate surface area is 116 Å². The maximum atomic E-state index is 11.0. The average molecular weight is 276 g/mol. The fourth-order valence-corrected chi connectivity index (χ4v) is 2.56. The molecule has 0 aliphatic heterocycles. The minimum atomic E-state index is -0.379. The number of benzene rings is 1. The molecule has 0 saturated heterocycles. The molecule has 100 valence electrons. The molecule has 0 saturated carbocycles. The van der Waals surface area contributed by atoms with Gasteiger partial charge in [0.1, 0.15) is 5.75 Å². The number of methoxy groups -OCH3 is 1. The minimum Gasteiger partial charge on any atom is -0.497 e. The van der Waals surface area contributed by atoms with Crippen LogP contribution in [0.5, 0.6) is 5.75 Å². The fraction of sp³-hybridized carbons (Fsp3) is 0.214. The zero-order valence-corrected chi connectivity index (χ0v) is 11.5. The van der Waals surface area contributed by atoms with E-state index >= 15 is 0 Å². The van der Waals surface area contributed by atoms with Gasteiger partial charge in [-0.25, -0.2) is 0 Å². The average Bonchev–Trinajstić information content (AvgIpc) is 2.88. The predicted molar refractivity (Wildman–Crippen MR) is 76.4 cm³/mol. The number of carbonyl (C=O) groups is 1. The quantitative estimate of drug-likeness (QED) is 0.849. The number of hydrogen-bond acceptors (Lipinski definition) is 4. The molecule has 0 spiro atoms. The first-order chi connectivity index (χ1) is 9.19. The monoisotopic (exact) mass is 276 g/mol. The van der Waals surface area contributed by atoms with E-state index < -0.39 is 0 Å². The maximum absolute atomic E-state index is 11.0. The zero-order valence-electron chi connectivity index (χ0n) is 10.7. The third-order valence-corrected chi connectivity index (χ3v) is 3.64. The molecular formula is C14H16N2O2S. The number of hydrogen-bond donors (Lipinski definition) is 2. The summed E-state index contributed by atoms with van der Waals surface area (Å²) in [5, 5.41) is 5.11. The third kappa shape index (κ3) is 3.81. The standard InChI is InChI=1S/C14H16N2O2S/c1-18-12-4-2-3-10(5-12)7-16-8-13-6-11(9-19-13)14(15)17/h2-6,9,16H,7-8H2,1H3,(H2,15,17). The van der Waals surface area contributed by atoms with Crippen molar-refractivity contribution in [1.29, 1.82) is 0 Å². The Kier molecular flexibility index (Phi) is 4.54. The largest absolute Gasteiger partial charge is 0.497 e. The van der Waals surface area contributed by atoms with Crippen LogP contribution in [0.4, 0.5) is 0 Å². The molecule has 0 radical (unpaired) electrons. The van der Waals surface area contributed by atoms with Crippen LogP contribution in [-0.4, -0.2) is 13.0 Å². The summed E-state index contributed by atoms with van der Waals surface area (Å²) in [5.74, 6) is 0.474. The highest BCUT2D eigenvalue weighted by molar-refractivity contribution is 7.10. The molecule has 19 heavy (non-hydrogen) atoms. The Hall–Kier alpha value is -1.85. The molecule has 1 aromatic heterocycles. The predicted octanol–water partition coefficient (Wildman–Crippen LogP) is 2.15. The van der Waals surface area contributed by atoms with Crippen molar-refractivity contribution in [3.63, 3.8) is 0 Å². The Morgan fingerprint density at radius 3 is 2.89 bits per heavy atom. The van der Waals surface area contributed by atoms with E-state index in [4.69, 9.17) is 10.5 Å². The molecular weight excluding hydrogens is 260 g/mol. The summed E-state index contributed by atoms with van der Waals surface area (Å²) < 4.78 is 5.17. The Morgan fingerprint density at radius 2 is 2.21 bits per heavy atom. The number of thiophene rings is 1. The van der Waals surface area contributed by atoms with E-state index in [-0.39, 0.29) is 5.91 Å². The summed E-state index contributed by atoms with van der Waals surface area (Å²) in [6.45, 7) is 1.47. The van der Waals surface area contributed by atoms with Gasteiger partial charge in [0.2, 0.25) is 5.91 Å². The van der Waals surface area contributed by atoms with E-state index in [2.05, 4.69) is 5.32 Å². The van der Waals surface area contributed by atoms with E-state index in [0.717, 1.165) is 29.3 Å². The van der Waals surface area contributed by atoms with Gasteiger partial charge in [0.05, 0.1) is 12.7 Å². The van der Waals surface area contributed by atoms with E-state index in [9.17, 15) is 4.79 Å². The SMILES string of the molecule is COc1cccc(CNCc2cc(C(N)=O)cs2)c1. The van der Waals surface area contributed by atoms with Crippen molar-refractivity contribution in [3.05, 3.63) is 51.7 Å². The van der Waals surface area contributed by atoms with Gasteiger partial charge in [0.25, 0.3) is 0 Å². The normalized spacial score (nSPS) is 10.4. The Bertz CT molecular complexity index is 566. The van der Waals surface area contributed by atoms with Gasteiger partial charge < -0.3 is 15.8 Å². The Balaban J connectivity index is 1.86. The molecule has 1 amide bonds. The van der Waals surface area contributed by atoms with Crippen molar-refractivity contribution in [1.82, 2.24) is 5.32 Å². The molecule has 0 aliphatic carbocycles. The van der Waals surface area contributed by atoms with Crippen LogP contribution in [0.1, 0.15) is 20.8 Å². The van der Waals surface area contributed by atoms with Crippen LogP contribution < -0.4 is 15.8 Å². The van der Waals surface area contributed by atoms with Gasteiger partial charge in [0.15, 0.2) is 0 Å². The van der Waals surface area contributed by atoms with Gasteiger partial charge >= 0.3 is 0 Å². The minimum absolute atomic E-state index is 0.379. The molecule has 4 nitrogen and oxygen atoms in total. The van der Waals surface area contributed by atoms with E-state index in [1.165, 1.54) is 11.3 Å². The van der Waals surface area contributed by atoms with Crippen LogP contribution in [0, 0.1) is 0 Å². The third-order valence-electron chi connectivity index (χ3n) is 2.70. The molecule has 1 heterocycles. The first-order valence-corrected chi connectivity index (χ1v) is 6.78. The smallest absolute Gasteiger partial charge is 0.249 e. The molecule has 1 aromatic carbocycles. The highest BCUT2D eigenvalue weighted by Gasteiger charge is 2.04. The van der Waals surface area contributed by atoms with E-state index in [1.54, 1.807) is 12.5 Å². The van der Waals surface area contributed by atoms with Gasteiger partial charge in [-0.3, -0.25) is 4.79 Å². The lowest BCUT2D eigenvalue weighted by atomic mass is 10.2. The second kappa shape index (κ2) is 6.36. The van der Waals surface area contributed by atoms with Crippen LogP contribution in [0.3, 0.4) is 0 Å². The summed E-state index contributed by atoms with van der Waals surface area (Å²) in [4.78, 5) is 12.1. The summed E-state index contributed by atoms with van der Waals surface area (Å²) in [6.07, 6.45) is 0. The van der Waals surface area contributed by atoms with E-state index in [0.29, 0.717) is 5.56 Å². The van der Waals surface area contributed by atoms with Crippen molar-refractivity contribution < 1.29 is 9.53 Å². The van der Waals surface area contributed by atoms with Crippen LogP contribution in [-0.2, 0) is 13.1 Å². The lowest BCUT2D eigenvalue weighted by molar-refractivity contribution is 0.100. The summed E-state index contributed by atoms with van der Waals surface area (Å²) >= 11 is 1.53. The van der Waals surface area contributed by atoms with Crippen LogP contribution in [0.25, 0.3) is 0 Å². The van der Waals surface area contributed by atoms with Crippen molar-refractivity contribution in [2.75, 3.05) is 7.11 Å². The fourth-order valence-electron chi connectivity index (χ4n) is 1.72. The summed E-state index contributed by atoms with van der Waals surface area (Å²) in [7, 11) is 1.66. The molecule has 2 rings (SSSR count). The zero-order chi connectivity index (χ0) is 13.7. The molecule has 0 fully saturated rings. The van der Waals surface area contributed by atoms with Gasteiger partial charge in [-0.05, 0) is 23.8 Å². The molecule has 5 heteroatoms. The highest BCUT2D eigenvalue weighted by atomic mass is 32.1. The van der Waals surface area contributed by atoms with Gasteiger partial charge in [-0.15, -0.1) is 11.3 Å². The Morgan fingerprint density at radius 1 is 1.37 bits per heavy atom. The number of nitrogens with two attached hydrogens (primary N) is 1. The molecule has 3 N–H and O–H groups in total. The molecule has 0 aliphatic rings. The second-order valence-corrected chi connectivity index (χ2v) is 5.12. The van der Waals surface area contributed by atoms with Crippen molar-refractivity contribution in [2.24, 2.45) is 5.73 Å². The number of ether oxygens (including phenoxy) is 1. The second-order valence-electron chi connectivity index (χ2n) is 4.12. The number of amides is 1. The lowest BCUT2D eigenvalue weighted by Gasteiger charge is -2.05. The first kappa shape index (κ1) is 13.6. The van der Waals surface area contributed by atoms with Gasteiger partial charge in [0, 0.05) is 23.3 Å². The number of carbonyl (C=O) groups excluding carboxylic acids is 1. The number of nitrogens with one attached hydrogen (secondary N) is 1. The molecule has 0 unspecified atom stereocenters. The summed E-state index contributed by atoms with van der Waals surface area (Å²) in [5.41, 5.74) is 6.94. The van der Waals surface area contributed by atoms with Crippen molar-refractivity contribution >= 4 is 17.2 Å². The first-order valence-electron chi connectivity index (χ1n) is 5.90.